The summed E-state index contributed by atoms with van der Waals surface area (Å²) >= 11 is 0. The van der Waals surface area contributed by atoms with Crippen LogP contribution in [0.2, 0.25) is 0 Å². The summed E-state index contributed by atoms with van der Waals surface area (Å²) in [4.78, 5) is 24.7. The van der Waals surface area contributed by atoms with Crippen LogP contribution < -0.4 is 23.8 Å². The van der Waals surface area contributed by atoms with Gasteiger partial charge in [-0.15, -0.1) is 0 Å². The van der Waals surface area contributed by atoms with Gasteiger partial charge in [-0.25, -0.2) is 9.71 Å². The van der Waals surface area contributed by atoms with Gasteiger partial charge in [0.2, 0.25) is 12.7 Å². The first kappa shape index (κ1) is 28.7. The predicted octanol–water partition coefficient (Wildman–Crippen LogP) is 4.83. The van der Waals surface area contributed by atoms with E-state index in [1.807, 2.05) is 26.8 Å². The Hall–Kier alpha value is -3.86. The molecule has 2 aromatic heterocycles. The average Bonchev–Trinajstić information content (AvgIpc) is 3.48. The molecule has 0 bridgehead atoms. The lowest BCUT2D eigenvalue weighted by Gasteiger charge is -2.34. The number of fused-ring (bicyclic) bond motifs is 1. The van der Waals surface area contributed by atoms with Gasteiger partial charge in [0.05, 0.1) is 5.56 Å². The van der Waals surface area contributed by atoms with Crippen LogP contribution in [-0.4, -0.2) is 43.2 Å². The lowest BCUT2D eigenvalue weighted by molar-refractivity contribution is 0.0981. The van der Waals surface area contributed by atoms with Crippen LogP contribution in [-0.2, 0) is 22.0 Å². The number of benzene rings is 1. The van der Waals surface area contributed by atoms with Gasteiger partial charge in [0.25, 0.3) is 15.9 Å². The molecule has 4 heterocycles. The molecule has 0 radical (unpaired) electrons. The highest BCUT2D eigenvalue weighted by atomic mass is 32.2. The van der Waals surface area contributed by atoms with E-state index in [9.17, 15) is 13.2 Å². The molecule has 2 aliphatic heterocycles. The van der Waals surface area contributed by atoms with Gasteiger partial charge in [-0.3, -0.25) is 4.79 Å². The van der Waals surface area contributed by atoms with Gasteiger partial charge < -0.3 is 19.1 Å². The Balaban J connectivity index is 1.37. The number of carbonyl (C=O) groups excluding carboxylic acids is 1. The van der Waals surface area contributed by atoms with Crippen LogP contribution in [0.4, 0.5) is 5.82 Å². The topological polar surface area (TPSA) is 120 Å². The van der Waals surface area contributed by atoms with E-state index in [2.05, 4.69) is 35.4 Å². The van der Waals surface area contributed by atoms with Crippen molar-refractivity contribution in [3.05, 3.63) is 65.4 Å². The Morgan fingerprint density at radius 1 is 1.10 bits per heavy atom. The molecule has 0 spiro atoms. The Bertz CT molecular complexity index is 1580. The number of nitrogens with one attached hydrogen (secondary N) is 1. The molecule has 5 rings (SSSR count). The van der Waals surface area contributed by atoms with Crippen LogP contribution in [0.15, 0.2) is 53.6 Å². The number of nitrogens with zero attached hydrogens (tertiary/aromatic N) is 3. The van der Waals surface area contributed by atoms with Gasteiger partial charge in [0, 0.05) is 29.3 Å². The number of ether oxygens (including phenoxy) is 3. The fraction of sp³-hybridized carbons (Fsp3) is 0.433. The zero-order valence-electron chi connectivity index (χ0n) is 24.2. The van der Waals surface area contributed by atoms with Crippen LogP contribution >= 0.6 is 0 Å². The maximum Gasteiger partial charge on any atom is 0.281 e. The fourth-order valence-electron chi connectivity index (χ4n) is 5.25. The van der Waals surface area contributed by atoms with Crippen molar-refractivity contribution in [2.24, 2.45) is 5.92 Å². The third kappa shape index (κ3) is 6.09. The van der Waals surface area contributed by atoms with Gasteiger partial charge in [0.1, 0.15) is 12.4 Å². The Labute approximate surface area is 241 Å². The molecule has 11 heteroatoms. The fourth-order valence-corrected chi connectivity index (χ4v) is 6.18. The second kappa shape index (κ2) is 10.5. The van der Waals surface area contributed by atoms with Gasteiger partial charge in [-0.2, -0.15) is 13.4 Å². The largest absolute Gasteiger partial charge is 0.473 e. The zero-order chi connectivity index (χ0) is 29.6. The smallest absolute Gasteiger partial charge is 0.281 e. The maximum atomic E-state index is 13.5. The molecule has 1 N–H and O–H groups in total. The average molecular weight is 581 g/mol. The molecule has 1 saturated heterocycles. The quantitative estimate of drug-likeness (QED) is 0.419. The summed E-state index contributed by atoms with van der Waals surface area (Å²) in [6, 6.07) is 13.2. The number of sulfonamides is 1. The minimum absolute atomic E-state index is 0.0997. The van der Waals surface area contributed by atoms with Crippen molar-refractivity contribution in [2.45, 2.75) is 70.6 Å². The van der Waals surface area contributed by atoms with Crippen molar-refractivity contribution in [3.63, 3.8) is 0 Å². The summed E-state index contributed by atoms with van der Waals surface area (Å²) < 4.78 is 45.2. The van der Waals surface area contributed by atoms with Crippen molar-refractivity contribution in [2.75, 3.05) is 18.2 Å². The first-order valence-electron chi connectivity index (χ1n) is 13.6. The molecule has 0 saturated carbocycles. The summed E-state index contributed by atoms with van der Waals surface area (Å²) in [6.45, 7) is 13.5. The zero-order valence-corrected chi connectivity index (χ0v) is 25.0. The number of hydrogen-bond acceptors (Lipinski definition) is 9. The first-order valence-corrected chi connectivity index (χ1v) is 15.1. The molecule has 41 heavy (non-hydrogen) atoms. The van der Waals surface area contributed by atoms with Crippen molar-refractivity contribution in [1.82, 2.24) is 14.7 Å². The molecule has 1 aromatic carbocycles. The summed E-state index contributed by atoms with van der Waals surface area (Å²) in [6.07, 6.45) is 0.927. The third-order valence-corrected chi connectivity index (χ3v) is 8.47. The molecule has 1 fully saturated rings. The minimum Gasteiger partial charge on any atom is -0.473 e. The van der Waals surface area contributed by atoms with E-state index in [1.165, 1.54) is 12.1 Å². The van der Waals surface area contributed by atoms with E-state index in [4.69, 9.17) is 19.2 Å². The lowest BCUT2D eigenvalue weighted by atomic mass is 9.91. The normalized spacial score (nSPS) is 17.9. The van der Waals surface area contributed by atoms with E-state index in [0.717, 1.165) is 17.7 Å². The number of anilines is 1. The number of carbonyl (C=O) groups is 1. The number of aromatic nitrogens is 2. The maximum absolute atomic E-state index is 13.5. The van der Waals surface area contributed by atoms with Gasteiger partial charge >= 0.3 is 0 Å². The van der Waals surface area contributed by atoms with Gasteiger partial charge in [-0.1, -0.05) is 39.8 Å². The predicted molar refractivity (Wildman–Crippen MR) is 154 cm³/mol. The lowest BCUT2D eigenvalue weighted by Crippen LogP contribution is -2.41. The van der Waals surface area contributed by atoms with Crippen LogP contribution in [0.1, 0.15) is 69.6 Å². The molecular formula is C30H36N4O6S. The highest BCUT2D eigenvalue weighted by Crippen LogP contribution is 2.38. The second-order valence-electron chi connectivity index (χ2n) is 12.3. The first-order chi connectivity index (χ1) is 19.2. The number of hydrogen-bond donors (Lipinski definition) is 1. The van der Waals surface area contributed by atoms with Crippen LogP contribution in [0, 0.1) is 5.92 Å². The van der Waals surface area contributed by atoms with E-state index in [1.54, 1.807) is 30.3 Å². The molecule has 1 atom stereocenters. The van der Waals surface area contributed by atoms with Crippen LogP contribution in [0.5, 0.6) is 17.4 Å². The van der Waals surface area contributed by atoms with Gasteiger partial charge in [0.15, 0.2) is 16.5 Å². The summed E-state index contributed by atoms with van der Waals surface area (Å²) in [7, 11) is -4.31. The SMILES string of the molecule is CC1CN(c2nc(C(C)(C)C)ccc2C(=O)NS(=O)(=O)c2cccc(OCc3ccc4c(c3)OCO4)n2)C(C)(C)C1. The molecule has 1 unspecified atom stereocenters. The van der Waals surface area contributed by atoms with Crippen molar-refractivity contribution in [3.8, 4) is 17.4 Å². The molecule has 2 aliphatic rings. The molecule has 10 nitrogen and oxygen atoms in total. The van der Waals surface area contributed by atoms with Crippen LogP contribution in [0.25, 0.3) is 0 Å². The number of amides is 1. The van der Waals surface area contributed by atoms with Crippen LogP contribution in [0.3, 0.4) is 0 Å². The molecular weight excluding hydrogens is 544 g/mol. The molecule has 218 valence electrons. The molecule has 3 aromatic rings. The second-order valence-corrected chi connectivity index (χ2v) is 13.9. The highest BCUT2D eigenvalue weighted by Gasteiger charge is 2.39. The van der Waals surface area contributed by atoms with Crippen molar-refractivity contribution >= 4 is 21.7 Å². The van der Waals surface area contributed by atoms with E-state index in [-0.39, 0.29) is 40.8 Å². The Morgan fingerprint density at radius 2 is 1.85 bits per heavy atom. The van der Waals surface area contributed by atoms with E-state index >= 15 is 0 Å². The monoisotopic (exact) mass is 580 g/mol. The van der Waals surface area contributed by atoms with Crippen molar-refractivity contribution < 1.29 is 27.4 Å². The molecule has 0 aliphatic carbocycles. The third-order valence-electron chi connectivity index (χ3n) is 7.24. The number of rotatable bonds is 7. The summed E-state index contributed by atoms with van der Waals surface area (Å²) in [5, 5.41) is -0.329. The van der Waals surface area contributed by atoms with Crippen molar-refractivity contribution in [1.29, 1.82) is 0 Å². The van der Waals surface area contributed by atoms with E-state index in [0.29, 0.717) is 29.8 Å². The summed E-state index contributed by atoms with van der Waals surface area (Å²) in [5.41, 5.74) is 1.31. The van der Waals surface area contributed by atoms with Gasteiger partial charge in [-0.05, 0) is 62.1 Å². The Kier molecular flexibility index (Phi) is 7.35. The standard InChI is InChI=1S/C30H36N4O6S/c1-19-15-30(5,6)34(16-19)27-21(11-13-24(31-27)29(2,3)4)28(35)33-41(36,37)26-9-7-8-25(32-26)38-17-20-10-12-22-23(14-20)40-18-39-22/h7-14,19H,15-18H2,1-6H3,(H,33,35). The highest BCUT2D eigenvalue weighted by molar-refractivity contribution is 7.90. The minimum atomic E-state index is -4.31. The van der Waals surface area contributed by atoms with E-state index < -0.39 is 15.9 Å². The number of pyridine rings is 2. The molecule has 1 amide bonds. The summed E-state index contributed by atoms with van der Waals surface area (Å²) in [5.74, 6) is 1.49. The Morgan fingerprint density at radius 3 is 2.56 bits per heavy atom.